The van der Waals surface area contributed by atoms with Crippen LogP contribution in [0.15, 0.2) is 119 Å². The van der Waals surface area contributed by atoms with E-state index in [-0.39, 0.29) is 0 Å². The molecule has 2 heteroatoms. The molecule has 8 rings (SSSR count). The average molecular weight is 421 g/mol. The van der Waals surface area contributed by atoms with Crippen LogP contribution < -0.4 is 10.6 Å². The van der Waals surface area contributed by atoms with Crippen molar-refractivity contribution in [1.82, 2.24) is 0 Å². The Morgan fingerprint density at radius 1 is 0.485 bits per heavy atom. The fourth-order valence-electron chi connectivity index (χ4n) is 4.94. The van der Waals surface area contributed by atoms with Gasteiger partial charge in [0.25, 0.3) is 0 Å². The molecule has 0 saturated carbocycles. The SMILES string of the molecule is C1=c2c(ccc3c2=Nc2ccccc2-3)-c2ccccc21.c1ccc2c(c1)oc1ccccc12. The molecule has 0 atom stereocenters. The van der Waals surface area contributed by atoms with Gasteiger partial charge in [-0.1, -0.05) is 91.0 Å². The van der Waals surface area contributed by atoms with Crippen molar-refractivity contribution in [3.05, 3.63) is 125 Å². The Labute approximate surface area is 190 Å². The van der Waals surface area contributed by atoms with E-state index >= 15 is 0 Å². The van der Waals surface area contributed by atoms with Crippen LogP contribution in [0, 0.1) is 0 Å². The Bertz CT molecular complexity index is 1690. The van der Waals surface area contributed by atoms with Crippen LogP contribution >= 0.6 is 0 Å². The molecule has 154 valence electrons. The zero-order valence-corrected chi connectivity index (χ0v) is 17.8. The van der Waals surface area contributed by atoms with Crippen molar-refractivity contribution < 1.29 is 4.42 Å². The van der Waals surface area contributed by atoms with Crippen molar-refractivity contribution in [2.24, 2.45) is 4.99 Å². The van der Waals surface area contributed by atoms with E-state index in [9.17, 15) is 0 Å². The number of rotatable bonds is 0. The maximum atomic E-state index is 5.65. The standard InChI is InChI=1S/C19H11N.C12H8O/c1-2-6-13-12(5-1)11-17-14(13)9-10-16-15-7-3-4-8-18(15)20-19(16)17;1-3-7-11-9(5-1)10-6-2-4-8-12(10)13-11/h1-11H;1-8H. The predicted molar refractivity (Wildman–Crippen MR) is 135 cm³/mol. The van der Waals surface area contributed by atoms with E-state index in [1.165, 1.54) is 43.8 Å². The number of furan rings is 1. The zero-order chi connectivity index (χ0) is 21.8. The highest BCUT2D eigenvalue weighted by atomic mass is 16.3. The molecule has 0 unspecified atom stereocenters. The second-order valence-corrected chi connectivity index (χ2v) is 8.38. The second kappa shape index (κ2) is 7.04. The van der Waals surface area contributed by atoms with E-state index < -0.39 is 0 Å². The van der Waals surface area contributed by atoms with Crippen LogP contribution in [0.3, 0.4) is 0 Å². The predicted octanol–water partition coefficient (Wildman–Crippen LogP) is 7.01. The van der Waals surface area contributed by atoms with Crippen LogP contribution in [0.2, 0.25) is 0 Å². The number of nitrogens with zero attached hydrogens (tertiary/aromatic N) is 1. The zero-order valence-electron chi connectivity index (χ0n) is 17.8. The lowest BCUT2D eigenvalue weighted by Crippen LogP contribution is -2.25. The molecule has 1 aliphatic carbocycles. The normalized spacial score (nSPS) is 12.1. The van der Waals surface area contributed by atoms with E-state index in [2.05, 4.69) is 72.8 Å². The molecule has 0 fully saturated rings. The fourth-order valence-corrected chi connectivity index (χ4v) is 4.94. The average Bonchev–Trinajstić information content (AvgIpc) is 3.55. The third kappa shape index (κ3) is 2.78. The van der Waals surface area contributed by atoms with Gasteiger partial charge in [0.15, 0.2) is 0 Å². The van der Waals surface area contributed by atoms with Crippen LogP contribution in [0.1, 0.15) is 5.56 Å². The molecule has 5 aromatic carbocycles. The monoisotopic (exact) mass is 421 g/mol. The largest absolute Gasteiger partial charge is 0.456 e. The van der Waals surface area contributed by atoms with Crippen LogP contribution in [-0.4, -0.2) is 0 Å². The number of fused-ring (bicyclic) bond motifs is 10. The van der Waals surface area contributed by atoms with Crippen molar-refractivity contribution in [1.29, 1.82) is 0 Å². The van der Waals surface area contributed by atoms with Crippen molar-refractivity contribution in [2.75, 3.05) is 0 Å². The summed E-state index contributed by atoms with van der Waals surface area (Å²) in [5.41, 5.74) is 9.42. The minimum Gasteiger partial charge on any atom is -0.456 e. The highest BCUT2D eigenvalue weighted by Gasteiger charge is 2.19. The molecule has 33 heavy (non-hydrogen) atoms. The molecule has 1 aliphatic heterocycles. The van der Waals surface area contributed by atoms with Gasteiger partial charge in [-0.3, -0.25) is 0 Å². The fraction of sp³-hybridized carbons (Fsp3) is 0. The second-order valence-electron chi connectivity index (χ2n) is 8.38. The van der Waals surface area contributed by atoms with Gasteiger partial charge in [0.1, 0.15) is 11.2 Å². The van der Waals surface area contributed by atoms with E-state index in [0.29, 0.717) is 0 Å². The first kappa shape index (κ1) is 18.2. The molecular weight excluding hydrogens is 402 g/mol. The molecule has 0 radical (unpaired) electrons. The smallest absolute Gasteiger partial charge is 0.135 e. The number of hydrogen-bond acceptors (Lipinski definition) is 2. The molecule has 0 bridgehead atoms. The van der Waals surface area contributed by atoms with Crippen LogP contribution in [-0.2, 0) is 0 Å². The highest BCUT2D eigenvalue weighted by Crippen LogP contribution is 2.34. The van der Waals surface area contributed by atoms with Gasteiger partial charge in [0, 0.05) is 27.1 Å². The van der Waals surface area contributed by atoms with E-state index in [1.54, 1.807) is 0 Å². The van der Waals surface area contributed by atoms with Crippen molar-refractivity contribution in [2.45, 2.75) is 0 Å². The van der Waals surface area contributed by atoms with Crippen molar-refractivity contribution in [3.63, 3.8) is 0 Å². The summed E-state index contributed by atoms with van der Waals surface area (Å²) in [6.07, 6.45) is 2.26. The maximum Gasteiger partial charge on any atom is 0.135 e. The molecule has 6 aromatic rings. The Hall–Kier alpha value is -4.43. The molecule has 2 aliphatic rings. The summed E-state index contributed by atoms with van der Waals surface area (Å²) < 4.78 is 5.65. The third-order valence-electron chi connectivity index (χ3n) is 6.48. The molecule has 0 saturated heterocycles. The van der Waals surface area contributed by atoms with Gasteiger partial charge in [-0.05, 0) is 41.0 Å². The Morgan fingerprint density at radius 2 is 1.09 bits per heavy atom. The van der Waals surface area contributed by atoms with Gasteiger partial charge in [-0.15, -0.1) is 0 Å². The van der Waals surface area contributed by atoms with Gasteiger partial charge in [0.2, 0.25) is 0 Å². The molecule has 2 nitrogen and oxygen atoms in total. The minimum atomic E-state index is 0.962. The third-order valence-corrected chi connectivity index (χ3v) is 6.48. The lowest BCUT2D eigenvalue weighted by Gasteiger charge is -2.02. The van der Waals surface area contributed by atoms with E-state index in [4.69, 9.17) is 9.41 Å². The quantitative estimate of drug-likeness (QED) is 0.258. The first-order chi connectivity index (χ1) is 16.4. The van der Waals surface area contributed by atoms with Gasteiger partial charge in [-0.25, -0.2) is 4.99 Å². The van der Waals surface area contributed by atoms with E-state index in [1.807, 2.05) is 42.5 Å². The summed E-state index contributed by atoms with van der Waals surface area (Å²) in [5, 5.41) is 4.77. The summed E-state index contributed by atoms with van der Waals surface area (Å²) in [7, 11) is 0. The number of para-hydroxylation sites is 3. The number of hydrogen-bond donors (Lipinski definition) is 0. The summed E-state index contributed by atoms with van der Waals surface area (Å²) >= 11 is 0. The van der Waals surface area contributed by atoms with Gasteiger partial charge >= 0.3 is 0 Å². The van der Waals surface area contributed by atoms with Gasteiger partial charge in [0.05, 0.1) is 11.0 Å². The van der Waals surface area contributed by atoms with Gasteiger partial charge in [-0.2, -0.15) is 0 Å². The first-order valence-corrected chi connectivity index (χ1v) is 11.2. The molecule has 0 N–H and O–H groups in total. The molecular formula is C31H19NO. The highest BCUT2D eigenvalue weighted by molar-refractivity contribution is 6.04. The summed E-state index contributed by atoms with van der Waals surface area (Å²) in [5.74, 6) is 0. The van der Waals surface area contributed by atoms with Crippen LogP contribution in [0.4, 0.5) is 5.69 Å². The summed E-state index contributed by atoms with van der Waals surface area (Å²) in [6.45, 7) is 0. The van der Waals surface area contributed by atoms with Crippen LogP contribution in [0.25, 0.3) is 50.3 Å². The van der Waals surface area contributed by atoms with Gasteiger partial charge < -0.3 is 4.42 Å². The van der Waals surface area contributed by atoms with Crippen molar-refractivity contribution >= 4 is 33.7 Å². The van der Waals surface area contributed by atoms with E-state index in [0.717, 1.165) is 22.2 Å². The molecule has 0 amide bonds. The number of benzene rings is 5. The topological polar surface area (TPSA) is 25.5 Å². The summed E-state index contributed by atoms with van der Waals surface area (Å²) in [6, 6.07) is 37.6. The Balaban J connectivity index is 0.000000127. The lowest BCUT2D eigenvalue weighted by molar-refractivity contribution is 0.669. The molecule has 2 heterocycles. The Kier molecular flexibility index (Phi) is 3.88. The minimum absolute atomic E-state index is 0.962. The maximum absolute atomic E-state index is 5.65. The Morgan fingerprint density at radius 3 is 1.88 bits per heavy atom. The molecule has 0 spiro atoms. The first-order valence-electron chi connectivity index (χ1n) is 11.2. The van der Waals surface area contributed by atoms with Crippen molar-refractivity contribution in [3.8, 4) is 22.3 Å². The lowest BCUT2D eigenvalue weighted by atomic mass is 10.0. The van der Waals surface area contributed by atoms with Crippen LogP contribution in [0.5, 0.6) is 0 Å². The molecule has 1 aromatic heterocycles. The summed E-state index contributed by atoms with van der Waals surface area (Å²) in [4.78, 5) is 4.84.